The van der Waals surface area contributed by atoms with Gasteiger partial charge in [-0.3, -0.25) is 0 Å². The Balaban J connectivity index is 2.09. The predicted molar refractivity (Wildman–Crippen MR) is 82.2 cm³/mol. The monoisotopic (exact) mass is 290 g/mol. The summed E-state index contributed by atoms with van der Waals surface area (Å²) < 4.78 is 5.75. The third kappa shape index (κ3) is 3.53. The lowest BCUT2D eigenvalue weighted by Gasteiger charge is -2.12. The summed E-state index contributed by atoms with van der Waals surface area (Å²) in [6.07, 6.45) is 0. The first-order valence-corrected chi connectivity index (χ1v) is 7.09. The average Bonchev–Trinajstić information content (AvgIpc) is 2.46. The van der Waals surface area contributed by atoms with Gasteiger partial charge in [-0.1, -0.05) is 61.8 Å². The van der Waals surface area contributed by atoms with Crippen molar-refractivity contribution in [2.45, 2.75) is 33.0 Å². The Morgan fingerprint density at radius 1 is 1.10 bits per heavy atom. The van der Waals surface area contributed by atoms with Crippen LogP contribution in [-0.4, -0.2) is 5.11 Å². The molecule has 0 fully saturated rings. The first-order valence-electron chi connectivity index (χ1n) is 6.71. The van der Waals surface area contributed by atoms with E-state index in [-0.39, 0.29) is 6.61 Å². The zero-order chi connectivity index (χ0) is 14.5. The van der Waals surface area contributed by atoms with E-state index in [4.69, 9.17) is 16.3 Å². The minimum atomic E-state index is -0.0812. The van der Waals surface area contributed by atoms with E-state index in [1.165, 1.54) is 5.56 Å². The average molecular weight is 291 g/mol. The molecule has 2 aromatic rings. The molecule has 0 radical (unpaired) electrons. The number of hydrogen-bond acceptors (Lipinski definition) is 2. The molecule has 0 aliphatic heterocycles. The molecule has 106 valence electrons. The summed E-state index contributed by atoms with van der Waals surface area (Å²) in [5.74, 6) is 1.08. The molecule has 2 aromatic carbocycles. The van der Waals surface area contributed by atoms with Gasteiger partial charge in [0.05, 0.1) is 11.6 Å². The van der Waals surface area contributed by atoms with Gasteiger partial charge in [0.1, 0.15) is 12.4 Å². The molecule has 0 unspecified atom stereocenters. The molecule has 0 amide bonds. The highest BCUT2D eigenvalue weighted by Crippen LogP contribution is 2.29. The third-order valence-corrected chi connectivity index (χ3v) is 3.55. The lowest BCUT2D eigenvalue weighted by molar-refractivity contribution is 0.259. The maximum Gasteiger partial charge on any atom is 0.143 e. The maximum absolute atomic E-state index is 9.30. The maximum atomic E-state index is 9.30. The highest BCUT2D eigenvalue weighted by Gasteiger charge is 2.08. The Labute approximate surface area is 125 Å². The molecule has 3 heteroatoms. The molecule has 0 saturated heterocycles. The Bertz CT molecular complexity index is 562. The van der Waals surface area contributed by atoms with E-state index in [9.17, 15) is 5.11 Å². The van der Waals surface area contributed by atoms with Crippen LogP contribution in [-0.2, 0) is 13.2 Å². The number of ether oxygens (including phenoxy) is 1. The van der Waals surface area contributed by atoms with Crippen LogP contribution < -0.4 is 4.74 Å². The highest BCUT2D eigenvalue weighted by molar-refractivity contribution is 6.32. The van der Waals surface area contributed by atoms with Crippen molar-refractivity contribution in [1.82, 2.24) is 0 Å². The second-order valence-corrected chi connectivity index (χ2v) is 5.48. The van der Waals surface area contributed by atoms with E-state index >= 15 is 0 Å². The van der Waals surface area contributed by atoms with Gasteiger partial charge < -0.3 is 9.84 Å². The van der Waals surface area contributed by atoms with Gasteiger partial charge in [0.2, 0.25) is 0 Å². The SMILES string of the molecule is CC(C)c1ccc(COc2c(Cl)cccc2CO)cc1. The van der Waals surface area contributed by atoms with E-state index in [1.807, 2.05) is 6.07 Å². The smallest absolute Gasteiger partial charge is 0.143 e. The molecule has 2 nitrogen and oxygen atoms in total. The molecule has 0 aromatic heterocycles. The quantitative estimate of drug-likeness (QED) is 0.876. The van der Waals surface area contributed by atoms with Crippen LogP contribution in [0.5, 0.6) is 5.75 Å². The number of hydrogen-bond donors (Lipinski definition) is 1. The largest absolute Gasteiger partial charge is 0.487 e. The number of aliphatic hydroxyl groups excluding tert-OH is 1. The normalized spacial score (nSPS) is 10.8. The first-order chi connectivity index (χ1) is 9.61. The highest BCUT2D eigenvalue weighted by atomic mass is 35.5. The molecule has 0 spiro atoms. The molecule has 1 N–H and O–H groups in total. The van der Waals surface area contributed by atoms with Crippen molar-refractivity contribution >= 4 is 11.6 Å². The zero-order valence-electron chi connectivity index (χ0n) is 11.8. The Kier molecular flexibility index (Phi) is 5.05. The van der Waals surface area contributed by atoms with Crippen molar-refractivity contribution in [3.05, 3.63) is 64.2 Å². The fourth-order valence-electron chi connectivity index (χ4n) is 1.99. The van der Waals surface area contributed by atoms with Gasteiger partial charge in [0, 0.05) is 5.56 Å². The van der Waals surface area contributed by atoms with Crippen LogP contribution in [0.4, 0.5) is 0 Å². The van der Waals surface area contributed by atoms with Crippen LogP contribution in [0.25, 0.3) is 0 Å². The lowest BCUT2D eigenvalue weighted by Crippen LogP contribution is -2.00. The van der Waals surface area contributed by atoms with Crippen molar-refractivity contribution in [3.8, 4) is 5.75 Å². The van der Waals surface area contributed by atoms with Gasteiger partial charge in [-0.25, -0.2) is 0 Å². The van der Waals surface area contributed by atoms with Gasteiger partial charge in [0.25, 0.3) is 0 Å². The Morgan fingerprint density at radius 2 is 1.80 bits per heavy atom. The van der Waals surface area contributed by atoms with E-state index in [2.05, 4.69) is 38.1 Å². The molecular weight excluding hydrogens is 272 g/mol. The van der Waals surface area contributed by atoms with Crippen LogP contribution in [0.3, 0.4) is 0 Å². The van der Waals surface area contributed by atoms with Crippen molar-refractivity contribution < 1.29 is 9.84 Å². The van der Waals surface area contributed by atoms with Crippen molar-refractivity contribution in [2.75, 3.05) is 0 Å². The topological polar surface area (TPSA) is 29.5 Å². The van der Waals surface area contributed by atoms with Crippen molar-refractivity contribution in [2.24, 2.45) is 0 Å². The molecule has 0 saturated carbocycles. The summed E-state index contributed by atoms with van der Waals surface area (Å²) in [7, 11) is 0. The van der Waals surface area contributed by atoms with Crippen LogP contribution in [0.1, 0.15) is 36.5 Å². The minimum absolute atomic E-state index is 0.0812. The molecule has 2 rings (SSSR count). The summed E-state index contributed by atoms with van der Waals surface area (Å²) in [5.41, 5.74) is 3.09. The van der Waals surface area contributed by atoms with Crippen LogP contribution in [0.2, 0.25) is 5.02 Å². The summed E-state index contributed by atoms with van der Waals surface area (Å²) in [5, 5.41) is 9.82. The number of rotatable bonds is 5. The van der Waals surface area contributed by atoms with Gasteiger partial charge in [0.15, 0.2) is 0 Å². The number of para-hydroxylation sites is 1. The fraction of sp³-hybridized carbons (Fsp3) is 0.294. The molecule has 0 atom stereocenters. The van der Waals surface area contributed by atoms with Crippen LogP contribution in [0.15, 0.2) is 42.5 Å². The molecule has 0 heterocycles. The minimum Gasteiger partial charge on any atom is -0.487 e. The Hall–Kier alpha value is -1.51. The molecular formula is C17H19ClO2. The summed E-state index contributed by atoms with van der Waals surface area (Å²) in [6, 6.07) is 13.7. The molecule has 0 aliphatic carbocycles. The number of benzene rings is 2. The molecule has 0 aliphatic rings. The van der Waals surface area contributed by atoms with E-state index in [1.54, 1.807) is 12.1 Å². The Morgan fingerprint density at radius 3 is 2.40 bits per heavy atom. The standard InChI is InChI=1S/C17H19ClO2/c1-12(2)14-8-6-13(7-9-14)11-20-17-15(10-19)4-3-5-16(17)18/h3-9,12,19H,10-11H2,1-2H3. The van der Waals surface area contributed by atoms with E-state index in [0.29, 0.717) is 28.9 Å². The summed E-state index contributed by atoms with van der Waals surface area (Å²) in [4.78, 5) is 0. The van der Waals surface area contributed by atoms with Crippen LogP contribution in [0, 0.1) is 0 Å². The van der Waals surface area contributed by atoms with E-state index < -0.39 is 0 Å². The molecule has 0 bridgehead atoms. The molecule has 20 heavy (non-hydrogen) atoms. The van der Waals surface area contributed by atoms with Gasteiger partial charge in [-0.15, -0.1) is 0 Å². The van der Waals surface area contributed by atoms with Crippen molar-refractivity contribution in [1.29, 1.82) is 0 Å². The first kappa shape index (κ1) is 14.9. The zero-order valence-corrected chi connectivity index (χ0v) is 12.5. The summed E-state index contributed by atoms with van der Waals surface area (Å²) >= 11 is 6.11. The van der Waals surface area contributed by atoms with Crippen molar-refractivity contribution in [3.63, 3.8) is 0 Å². The summed E-state index contributed by atoms with van der Waals surface area (Å²) in [6.45, 7) is 4.70. The fourth-order valence-corrected chi connectivity index (χ4v) is 2.24. The third-order valence-electron chi connectivity index (χ3n) is 3.25. The van der Waals surface area contributed by atoms with Gasteiger partial charge >= 0.3 is 0 Å². The lowest BCUT2D eigenvalue weighted by atomic mass is 10.0. The van der Waals surface area contributed by atoms with Gasteiger partial charge in [-0.2, -0.15) is 0 Å². The van der Waals surface area contributed by atoms with Gasteiger partial charge in [-0.05, 0) is 23.1 Å². The van der Waals surface area contributed by atoms with E-state index in [0.717, 1.165) is 5.56 Å². The second kappa shape index (κ2) is 6.78. The predicted octanol–water partition coefficient (Wildman–Crippen LogP) is 4.53. The number of halogens is 1. The second-order valence-electron chi connectivity index (χ2n) is 5.07. The van der Waals surface area contributed by atoms with Crippen LogP contribution >= 0.6 is 11.6 Å². The number of aliphatic hydroxyl groups is 1.